The molecule has 132 valence electrons. The Morgan fingerprint density at radius 1 is 1.08 bits per heavy atom. The number of nitrogens with zero attached hydrogens (tertiary/aromatic N) is 1. The van der Waals surface area contributed by atoms with Gasteiger partial charge in [-0.3, -0.25) is 0 Å². The first-order valence-corrected chi connectivity index (χ1v) is 9.14. The lowest BCUT2D eigenvalue weighted by atomic mass is 10.1. The normalized spacial score (nSPS) is 15.6. The Labute approximate surface area is 155 Å². The number of anilines is 1. The molecule has 25 heavy (non-hydrogen) atoms. The fourth-order valence-electron chi connectivity index (χ4n) is 2.86. The smallest absolute Gasteiger partial charge is 0.171 e. The zero-order valence-electron chi connectivity index (χ0n) is 14.6. The maximum atomic E-state index is 6.08. The van der Waals surface area contributed by atoms with Gasteiger partial charge in [0.05, 0.1) is 0 Å². The number of likely N-dealkylation sites (tertiary alicyclic amines) is 1. The highest BCUT2D eigenvalue weighted by Gasteiger charge is 2.17. The average molecular weight is 356 g/mol. The number of para-hydroxylation sites is 1. The largest absolute Gasteiger partial charge is 0.490 e. The quantitative estimate of drug-likeness (QED) is 0.801. The fourth-order valence-corrected chi connectivity index (χ4v) is 3.05. The van der Waals surface area contributed by atoms with Crippen LogP contribution in [0.1, 0.15) is 18.4 Å². The molecule has 1 heterocycles. The van der Waals surface area contributed by atoms with Crippen molar-refractivity contribution in [1.82, 2.24) is 10.2 Å². The van der Waals surface area contributed by atoms with Gasteiger partial charge in [0.1, 0.15) is 11.9 Å². The molecule has 0 amide bonds. The van der Waals surface area contributed by atoms with Crippen LogP contribution in [0.3, 0.4) is 0 Å². The molecule has 2 N–H and O–H groups in total. The number of hydrogen-bond acceptors (Lipinski definition) is 3. The van der Waals surface area contributed by atoms with Crippen molar-refractivity contribution in [3.8, 4) is 5.75 Å². The lowest BCUT2D eigenvalue weighted by molar-refractivity contribution is 0.114. The van der Waals surface area contributed by atoms with Gasteiger partial charge in [0.25, 0.3) is 0 Å². The van der Waals surface area contributed by atoms with E-state index >= 15 is 0 Å². The highest BCUT2D eigenvalue weighted by molar-refractivity contribution is 7.80. The first-order valence-electron chi connectivity index (χ1n) is 8.73. The second kappa shape index (κ2) is 8.83. The van der Waals surface area contributed by atoms with Crippen molar-refractivity contribution < 1.29 is 4.74 Å². The van der Waals surface area contributed by atoms with Crippen LogP contribution >= 0.6 is 12.2 Å². The molecular weight excluding hydrogens is 330 g/mol. The summed E-state index contributed by atoms with van der Waals surface area (Å²) in [5.41, 5.74) is 2.16. The van der Waals surface area contributed by atoms with Crippen LogP contribution in [-0.4, -0.2) is 36.3 Å². The van der Waals surface area contributed by atoms with E-state index in [0.29, 0.717) is 17.8 Å². The second-order valence-corrected chi connectivity index (χ2v) is 6.85. The van der Waals surface area contributed by atoms with Crippen LogP contribution in [0.4, 0.5) is 5.69 Å². The van der Waals surface area contributed by atoms with Crippen molar-refractivity contribution >= 4 is 23.0 Å². The summed E-state index contributed by atoms with van der Waals surface area (Å²) < 4.78 is 6.08. The standard InChI is InChI=1S/C20H25N3OS/c1-23-13-11-19(12-14-23)24-18-9-7-16(8-10-18)15-21-20(25)22-17-5-3-2-4-6-17/h2-10,19H,11-15H2,1H3,(H2,21,22,25). The molecule has 5 heteroatoms. The lowest BCUT2D eigenvalue weighted by Crippen LogP contribution is -2.35. The molecule has 2 aromatic rings. The average Bonchev–Trinajstić information content (AvgIpc) is 2.64. The SMILES string of the molecule is CN1CCC(Oc2ccc(CNC(=S)Nc3ccccc3)cc2)CC1. The molecular formula is C20H25N3OS. The van der Waals surface area contributed by atoms with E-state index < -0.39 is 0 Å². The molecule has 0 aromatic heterocycles. The molecule has 0 aliphatic carbocycles. The van der Waals surface area contributed by atoms with Crippen molar-refractivity contribution in [2.24, 2.45) is 0 Å². The Hall–Kier alpha value is -2.11. The monoisotopic (exact) mass is 355 g/mol. The van der Waals surface area contributed by atoms with Gasteiger partial charge in [-0.2, -0.15) is 0 Å². The molecule has 0 saturated carbocycles. The van der Waals surface area contributed by atoms with E-state index in [1.54, 1.807) is 0 Å². The first-order chi connectivity index (χ1) is 12.2. The van der Waals surface area contributed by atoms with Gasteiger partial charge in [-0.25, -0.2) is 0 Å². The van der Waals surface area contributed by atoms with E-state index in [0.717, 1.165) is 37.4 Å². The molecule has 3 rings (SSSR count). The summed E-state index contributed by atoms with van der Waals surface area (Å²) in [7, 11) is 2.16. The number of ether oxygens (including phenoxy) is 1. The van der Waals surface area contributed by atoms with E-state index in [4.69, 9.17) is 17.0 Å². The van der Waals surface area contributed by atoms with Crippen molar-refractivity contribution in [3.05, 3.63) is 60.2 Å². The zero-order chi connectivity index (χ0) is 17.5. The highest BCUT2D eigenvalue weighted by Crippen LogP contribution is 2.19. The van der Waals surface area contributed by atoms with Crippen LogP contribution in [0, 0.1) is 0 Å². The highest BCUT2D eigenvalue weighted by atomic mass is 32.1. The first kappa shape index (κ1) is 17.7. The number of hydrogen-bond donors (Lipinski definition) is 2. The maximum absolute atomic E-state index is 6.08. The number of thiocarbonyl (C=S) groups is 1. The molecule has 0 spiro atoms. The Balaban J connectivity index is 1.43. The van der Waals surface area contributed by atoms with Gasteiger partial charge in [0, 0.05) is 25.3 Å². The van der Waals surface area contributed by atoms with Gasteiger partial charge in [-0.1, -0.05) is 30.3 Å². The molecule has 1 aliphatic rings. The number of rotatable bonds is 5. The molecule has 1 aliphatic heterocycles. The summed E-state index contributed by atoms with van der Waals surface area (Å²) in [5.74, 6) is 0.947. The summed E-state index contributed by atoms with van der Waals surface area (Å²) in [6.07, 6.45) is 2.53. The van der Waals surface area contributed by atoms with Gasteiger partial charge in [-0.05, 0) is 61.9 Å². The molecule has 0 unspecified atom stereocenters. The van der Waals surface area contributed by atoms with Gasteiger partial charge in [0.2, 0.25) is 0 Å². The Bertz CT molecular complexity index is 667. The Kier molecular flexibility index (Phi) is 6.25. The molecule has 1 saturated heterocycles. The van der Waals surface area contributed by atoms with Crippen molar-refractivity contribution in [3.63, 3.8) is 0 Å². The lowest BCUT2D eigenvalue weighted by Gasteiger charge is -2.29. The molecule has 0 atom stereocenters. The van der Waals surface area contributed by atoms with Crippen LogP contribution in [-0.2, 0) is 6.54 Å². The van der Waals surface area contributed by atoms with Gasteiger partial charge >= 0.3 is 0 Å². The maximum Gasteiger partial charge on any atom is 0.171 e. The van der Waals surface area contributed by atoms with Gasteiger partial charge < -0.3 is 20.3 Å². The van der Waals surface area contributed by atoms with Crippen LogP contribution in [0.2, 0.25) is 0 Å². The molecule has 1 fully saturated rings. The number of benzene rings is 2. The van der Waals surface area contributed by atoms with E-state index in [1.807, 2.05) is 42.5 Å². The van der Waals surface area contributed by atoms with E-state index in [9.17, 15) is 0 Å². The van der Waals surface area contributed by atoms with Crippen molar-refractivity contribution in [1.29, 1.82) is 0 Å². The predicted molar refractivity (Wildman–Crippen MR) is 107 cm³/mol. The fraction of sp³-hybridized carbons (Fsp3) is 0.350. The molecule has 2 aromatic carbocycles. The minimum absolute atomic E-state index is 0.336. The van der Waals surface area contributed by atoms with Crippen LogP contribution in [0.15, 0.2) is 54.6 Å². The van der Waals surface area contributed by atoms with E-state index in [1.165, 1.54) is 5.56 Å². The minimum Gasteiger partial charge on any atom is -0.490 e. The van der Waals surface area contributed by atoms with Crippen LogP contribution in [0.25, 0.3) is 0 Å². The molecule has 0 bridgehead atoms. The summed E-state index contributed by atoms with van der Waals surface area (Å²) in [4.78, 5) is 2.35. The third kappa shape index (κ3) is 5.73. The molecule has 4 nitrogen and oxygen atoms in total. The van der Waals surface area contributed by atoms with Crippen molar-refractivity contribution in [2.45, 2.75) is 25.5 Å². The van der Waals surface area contributed by atoms with Gasteiger partial charge in [0.15, 0.2) is 5.11 Å². The minimum atomic E-state index is 0.336. The molecule has 0 radical (unpaired) electrons. The number of piperidine rings is 1. The van der Waals surface area contributed by atoms with Crippen LogP contribution < -0.4 is 15.4 Å². The zero-order valence-corrected chi connectivity index (χ0v) is 15.4. The van der Waals surface area contributed by atoms with Crippen molar-refractivity contribution in [2.75, 3.05) is 25.5 Å². The third-order valence-corrected chi connectivity index (χ3v) is 4.62. The summed E-state index contributed by atoms with van der Waals surface area (Å²) in [6, 6.07) is 18.2. The Morgan fingerprint density at radius 3 is 2.44 bits per heavy atom. The third-order valence-electron chi connectivity index (χ3n) is 4.38. The second-order valence-electron chi connectivity index (χ2n) is 6.44. The van der Waals surface area contributed by atoms with Crippen LogP contribution in [0.5, 0.6) is 5.75 Å². The van der Waals surface area contributed by atoms with Gasteiger partial charge in [-0.15, -0.1) is 0 Å². The summed E-state index contributed by atoms with van der Waals surface area (Å²) in [5, 5.41) is 7.02. The summed E-state index contributed by atoms with van der Waals surface area (Å²) in [6.45, 7) is 2.91. The topological polar surface area (TPSA) is 36.5 Å². The van der Waals surface area contributed by atoms with E-state index in [-0.39, 0.29) is 0 Å². The predicted octanol–water partition coefficient (Wildman–Crippen LogP) is 3.65. The van der Waals surface area contributed by atoms with E-state index in [2.05, 4.69) is 34.7 Å². The summed E-state index contributed by atoms with van der Waals surface area (Å²) >= 11 is 5.33. The Morgan fingerprint density at radius 2 is 1.76 bits per heavy atom. The number of nitrogens with one attached hydrogen (secondary N) is 2.